The van der Waals surface area contributed by atoms with Crippen LogP contribution < -0.4 is 10.6 Å². The Labute approximate surface area is 117 Å². The number of benzene rings is 1. The minimum absolute atomic E-state index is 0.0521. The zero-order valence-corrected chi connectivity index (χ0v) is 12.8. The van der Waals surface area contributed by atoms with Crippen molar-refractivity contribution in [2.75, 3.05) is 13.1 Å². The zero-order valence-electron chi connectivity index (χ0n) is 11.2. The first-order valence-corrected chi connectivity index (χ1v) is 7.03. The lowest BCUT2D eigenvalue weighted by molar-refractivity contribution is -0.123. The third-order valence-electron chi connectivity index (χ3n) is 2.65. The number of halogens is 1. The van der Waals surface area contributed by atoms with Gasteiger partial charge in [0.15, 0.2) is 0 Å². The Morgan fingerprint density at radius 1 is 1.33 bits per heavy atom. The second kappa shape index (κ2) is 7.54. The van der Waals surface area contributed by atoms with Gasteiger partial charge in [0.05, 0.1) is 0 Å². The van der Waals surface area contributed by atoms with Crippen LogP contribution in [0.15, 0.2) is 22.7 Å². The van der Waals surface area contributed by atoms with Crippen LogP contribution >= 0.6 is 15.9 Å². The Morgan fingerprint density at radius 3 is 2.67 bits per heavy atom. The van der Waals surface area contributed by atoms with Crippen LogP contribution in [0.1, 0.15) is 25.0 Å². The lowest BCUT2D eigenvalue weighted by atomic mass is 10.1. The summed E-state index contributed by atoms with van der Waals surface area (Å²) in [5.74, 6) is 0.157. The quantitative estimate of drug-likeness (QED) is 0.793. The third kappa shape index (κ3) is 5.19. The van der Waals surface area contributed by atoms with Gasteiger partial charge < -0.3 is 10.6 Å². The van der Waals surface area contributed by atoms with E-state index in [4.69, 9.17) is 0 Å². The van der Waals surface area contributed by atoms with Crippen molar-refractivity contribution >= 4 is 21.8 Å². The summed E-state index contributed by atoms with van der Waals surface area (Å²) in [7, 11) is 0. The van der Waals surface area contributed by atoms with Crippen LogP contribution in [0.3, 0.4) is 0 Å². The summed E-state index contributed by atoms with van der Waals surface area (Å²) >= 11 is 3.55. The molecule has 4 heteroatoms. The van der Waals surface area contributed by atoms with Crippen molar-refractivity contribution in [3.63, 3.8) is 0 Å². The molecule has 1 aromatic rings. The van der Waals surface area contributed by atoms with E-state index in [1.54, 1.807) is 0 Å². The lowest BCUT2D eigenvalue weighted by Crippen LogP contribution is -2.34. The Bertz CT molecular complexity index is 405. The van der Waals surface area contributed by atoms with Crippen LogP contribution in [-0.2, 0) is 11.3 Å². The Morgan fingerprint density at radius 2 is 2.06 bits per heavy atom. The maximum absolute atomic E-state index is 11.3. The molecule has 0 atom stereocenters. The van der Waals surface area contributed by atoms with E-state index in [0.29, 0.717) is 6.54 Å². The van der Waals surface area contributed by atoms with Gasteiger partial charge in [0.2, 0.25) is 5.91 Å². The molecule has 3 nitrogen and oxygen atoms in total. The van der Waals surface area contributed by atoms with E-state index in [-0.39, 0.29) is 11.8 Å². The molecular formula is C14H21BrN2O. The number of amides is 1. The van der Waals surface area contributed by atoms with Crippen LogP contribution in [-0.4, -0.2) is 19.0 Å². The second-order valence-corrected chi connectivity index (χ2v) is 5.57. The highest BCUT2D eigenvalue weighted by Gasteiger charge is 2.04. The van der Waals surface area contributed by atoms with Crippen LogP contribution in [0.5, 0.6) is 0 Å². The summed E-state index contributed by atoms with van der Waals surface area (Å²) in [5.41, 5.74) is 2.48. The average molecular weight is 313 g/mol. The molecule has 0 aliphatic carbocycles. The van der Waals surface area contributed by atoms with Crippen molar-refractivity contribution in [3.8, 4) is 0 Å². The van der Waals surface area contributed by atoms with E-state index in [1.165, 1.54) is 11.1 Å². The average Bonchev–Trinajstić information content (AvgIpc) is 2.30. The molecule has 0 unspecified atom stereocenters. The predicted octanol–water partition coefficient (Wildman–Crippen LogP) is 2.62. The van der Waals surface area contributed by atoms with Crippen LogP contribution in [0.25, 0.3) is 0 Å². The fraction of sp³-hybridized carbons (Fsp3) is 0.500. The second-order valence-electron chi connectivity index (χ2n) is 4.72. The summed E-state index contributed by atoms with van der Waals surface area (Å²) in [5, 5.41) is 6.19. The van der Waals surface area contributed by atoms with Gasteiger partial charge in [-0.05, 0) is 24.1 Å². The van der Waals surface area contributed by atoms with Crippen molar-refractivity contribution < 1.29 is 4.79 Å². The number of carbonyl (C=O) groups is 1. The van der Waals surface area contributed by atoms with Crippen LogP contribution in [0, 0.1) is 12.8 Å². The summed E-state index contributed by atoms with van der Waals surface area (Å²) < 4.78 is 1.13. The highest BCUT2D eigenvalue weighted by atomic mass is 79.9. The van der Waals surface area contributed by atoms with Crippen molar-refractivity contribution in [3.05, 3.63) is 33.8 Å². The number of hydrogen-bond acceptors (Lipinski definition) is 2. The van der Waals surface area contributed by atoms with Crippen molar-refractivity contribution in [1.29, 1.82) is 0 Å². The molecule has 0 aromatic heterocycles. The third-order valence-corrected chi connectivity index (χ3v) is 3.39. The summed E-state index contributed by atoms with van der Waals surface area (Å²) in [6.07, 6.45) is 0. The van der Waals surface area contributed by atoms with Crippen molar-refractivity contribution in [2.45, 2.75) is 27.3 Å². The highest BCUT2D eigenvalue weighted by molar-refractivity contribution is 9.10. The van der Waals surface area contributed by atoms with Gasteiger partial charge in [-0.2, -0.15) is 0 Å². The number of carbonyl (C=O) groups excluding carboxylic acids is 1. The molecule has 0 spiro atoms. The predicted molar refractivity (Wildman–Crippen MR) is 78.4 cm³/mol. The molecule has 1 aromatic carbocycles. The first-order chi connectivity index (χ1) is 8.50. The van der Waals surface area contributed by atoms with E-state index in [9.17, 15) is 4.79 Å². The smallest absolute Gasteiger partial charge is 0.222 e. The molecule has 100 valence electrons. The van der Waals surface area contributed by atoms with Gasteiger partial charge in [-0.25, -0.2) is 0 Å². The van der Waals surface area contributed by atoms with E-state index < -0.39 is 0 Å². The monoisotopic (exact) mass is 312 g/mol. The van der Waals surface area contributed by atoms with Crippen molar-refractivity contribution in [1.82, 2.24) is 10.6 Å². The van der Waals surface area contributed by atoms with Crippen LogP contribution in [0.2, 0.25) is 0 Å². The number of hydrogen-bond donors (Lipinski definition) is 2. The van der Waals surface area contributed by atoms with Crippen molar-refractivity contribution in [2.24, 2.45) is 5.92 Å². The summed E-state index contributed by atoms with van der Waals surface area (Å²) in [6.45, 7) is 8.11. The standard InChI is InChI=1S/C14H21BrN2O/c1-10(2)14(18)17-7-6-16-9-12-5-4-11(3)8-13(12)15/h4-5,8,10,16H,6-7,9H2,1-3H3,(H,17,18). The van der Waals surface area contributed by atoms with Gasteiger partial charge in [-0.3, -0.25) is 4.79 Å². The highest BCUT2D eigenvalue weighted by Crippen LogP contribution is 2.17. The molecule has 0 saturated heterocycles. The van der Waals surface area contributed by atoms with Gasteiger partial charge in [0, 0.05) is 30.0 Å². The Kier molecular flexibility index (Phi) is 6.36. The number of nitrogens with one attached hydrogen (secondary N) is 2. The van der Waals surface area contributed by atoms with Crippen LogP contribution in [0.4, 0.5) is 0 Å². The number of aryl methyl sites for hydroxylation is 1. The molecule has 0 saturated carbocycles. The normalized spacial score (nSPS) is 10.7. The molecule has 0 aliphatic rings. The minimum Gasteiger partial charge on any atom is -0.355 e. The van der Waals surface area contributed by atoms with Gasteiger partial charge in [-0.15, -0.1) is 0 Å². The molecule has 18 heavy (non-hydrogen) atoms. The topological polar surface area (TPSA) is 41.1 Å². The molecule has 0 heterocycles. The van der Waals surface area contributed by atoms with E-state index in [2.05, 4.69) is 51.7 Å². The van der Waals surface area contributed by atoms with Gasteiger partial charge in [-0.1, -0.05) is 41.9 Å². The molecule has 0 fully saturated rings. The minimum atomic E-state index is 0.0521. The first-order valence-electron chi connectivity index (χ1n) is 6.24. The summed E-state index contributed by atoms with van der Waals surface area (Å²) in [4.78, 5) is 11.3. The largest absolute Gasteiger partial charge is 0.355 e. The van der Waals surface area contributed by atoms with Gasteiger partial charge >= 0.3 is 0 Å². The molecule has 1 amide bonds. The molecule has 0 aliphatic heterocycles. The molecule has 0 radical (unpaired) electrons. The van der Waals surface area contributed by atoms with E-state index in [1.807, 2.05) is 13.8 Å². The lowest BCUT2D eigenvalue weighted by Gasteiger charge is -2.10. The van der Waals surface area contributed by atoms with E-state index in [0.717, 1.165) is 17.6 Å². The first kappa shape index (κ1) is 15.2. The van der Waals surface area contributed by atoms with E-state index >= 15 is 0 Å². The fourth-order valence-electron chi connectivity index (χ4n) is 1.50. The Balaban J connectivity index is 2.24. The fourth-order valence-corrected chi connectivity index (χ4v) is 2.13. The van der Waals surface area contributed by atoms with Gasteiger partial charge in [0.1, 0.15) is 0 Å². The summed E-state index contributed by atoms with van der Waals surface area (Å²) in [6, 6.07) is 6.32. The zero-order chi connectivity index (χ0) is 13.5. The molecule has 0 bridgehead atoms. The SMILES string of the molecule is Cc1ccc(CNCCNC(=O)C(C)C)c(Br)c1. The maximum atomic E-state index is 11.3. The molecule has 1 rings (SSSR count). The van der Waals surface area contributed by atoms with Gasteiger partial charge in [0.25, 0.3) is 0 Å². The molecule has 2 N–H and O–H groups in total. The maximum Gasteiger partial charge on any atom is 0.222 e. The Hall–Kier alpha value is -0.870. The number of rotatable bonds is 6. The molecular weight excluding hydrogens is 292 g/mol.